The number of aldehydes is 1. The van der Waals surface area contributed by atoms with Gasteiger partial charge < -0.3 is 4.79 Å². The molecule has 0 radical (unpaired) electrons. The van der Waals surface area contributed by atoms with Crippen LogP contribution < -0.4 is 0 Å². The fraction of sp³-hybridized carbons (Fsp3) is 0.700. The van der Waals surface area contributed by atoms with Gasteiger partial charge in [0.2, 0.25) is 0 Å². The summed E-state index contributed by atoms with van der Waals surface area (Å²) in [6, 6.07) is 0. The second-order valence-electron chi connectivity index (χ2n) is 3.39. The highest BCUT2D eigenvalue weighted by atomic mass is 16.1. The molecule has 0 aromatic carbocycles. The van der Waals surface area contributed by atoms with Crippen LogP contribution >= 0.6 is 0 Å². The molecule has 0 fully saturated rings. The molecule has 0 unspecified atom stereocenters. The molecule has 0 N–H and O–H groups in total. The maximum absolute atomic E-state index is 10.0. The summed E-state index contributed by atoms with van der Waals surface area (Å²) in [6.07, 6.45) is 5.93. The molecular weight excluding hydrogens is 136 g/mol. The van der Waals surface area contributed by atoms with E-state index in [0.29, 0.717) is 6.42 Å². The zero-order valence-corrected chi connectivity index (χ0v) is 7.76. The van der Waals surface area contributed by atoms with E-state index in [0.717, 1.165) is 25.0 Å². The summed E-state index contributed by atoms with van der Waals surface area (Å²) in [5.41, 5.74) is 1.34. The predicted octanol–water partition coefficient (Wildman–Crippen LogP) is 2.96. The first-order chi connectivity index (χ1) is 5.16. The quantitative estimate of drug-likeness (QED) is 0.439. The molecule has 0 amide bonds. The molecule has 1 nitrogen and oxygen atoms in total. The smallest absolute Gasteiger partial charge is 0.120 e. The van der Waals surface area contributed by atoms with Crippen molar-refractivity contribution in [3.8, 4) is 0 Å². The van der Waals surface area contributed by atoms with Gasteiger partial charge in [-0.25, -0.2) is 0 Å². The summed E-state index contributed by atoms with van der Waals surface area (Å²) in [4.78, 5) is 10.0. The Balaban J connectivity index is 3.53. The van der Waals surface area contributed by atoms with Crippen molar-refractivity contribution in [1.82, 2.24) is 0 Å². The predicted molar refractivity (Wildman–Crippen MR) is 48.5 cm³/mol. The van der Waals surface area contributed by atoms with Crippen LogP contribution in [-0.4, -0.2) is 6.29 Å². The lowest BCUT2D eigenvalue weighted by atomic mass is 10.1. The van der Waals surface area contributed by atoms with Gasteiger partial charge in [-0.2, -0.15) is 0 Å². The summed E-state index contributed by atoms with van der Waals surface area (Å²) >= 11 is 0. The molecule has 64 valence electrons. The van der Waals surface area contributed by atoms with E-state index in [-0.39, 0.29) is 0 Å². The van der Waals surface area contributed by atoms with Gasteiger partial charge in [-0.05, 0) is 25.7 Å². The van der Waals surface area contributed by atoms with Gasteiger partial charge in [-0.15, -0.1) is 0 Å². The van der Waals surface area contributed by atoms with Crippen LogP contribution in [0, 0.1) is 5.92 Å². The fourth-order valence-electron chi connectivity index (χ4n) is 0.826. The Bertz CT molecular complexity index is 134. The number of carbonyl (C=O) groups is 1. The van der Waals surface area contributed by atoms with E-state index >= 15 is 0 Å². The van der Waals surface area contributed by atoms with Gasteiger partial charge in [0.25, 0.3) is 0 Å². The molecule has 0 heterocycles. The molecular formula is C10H18O. The molecule has 1 heteroatoms. The zero-order chi connectivity index (χ0) is 8.69. The zero-order valence-electron chi connectivity index (χ0n) is 7.76. The van der Waals surface area contributed by atoms with Crippen LogP contribution in [0.2, 0.25) is 0 Å². The van der Waals surface area contributed by atoms with E-state index in [1.807, 2.05) is 0 Å². The van der Waals surface area contributed by atoms with Crippen molar-refractivity contribution < 1.29 is 4.79 Å². The SMILES string of the molecule is C/C(=C/CC(C)C)CCC=O. The van der Waals surface area contributed by atoms with Crippen molar-refractivity contribution >= 4 is 6.29 Å². The summed E-state index contributed by atoms with van der Waals surface area (Å²) in [6.45, 7) is 6.49. The molecule has 0 saturated carbocycles. The Morgan fingerprint density at radius 3 is 2.55 bits per heavy atom. The highest BCUT2D eigenvalue weighted by Gasteiger charge is 1.91. The number of rotatable bonds is 5. The third-order valence-corrected chi connectivity index (χ3v) is 1.59. The lowest BCUT2D eigenvalue weighted by Crippen LogP contribution is -1.85. The van der Waals surface area contributed by atoms with Gasteiger partial charge in [0.1, 0.15) is 6.29 Å². The minimum atomic E-state index is 0.667. The van der Waals surface area contributed by atoms with Crippen LogP contribution in [0.1, 0.15) is 40.0 Å². The van der Waals surface area contributed by atoms with Gasteiger partial charge in [0.05, 0.1) is 0 Å². The Kier molecular flexibility index (Phi) is 5.81. The largest absolute Gasteiger partial charge is 0.303 e. The molecule has 0 aliphatic rings. The van der Waals surface area contributed by atoms with Crippen molar-refractivity contribution in [1.29, 1.82) is 0 Å². The molecule has 0 aromatic rings. The second-order valence-corrected chi connectivity index (χ2v) is 3.39. The molecule has 0 aliphatic heterocycles. The van der Waals surface area contributed by atoms with Crippen LogP contribution in [0.4, 0.5) is 0 Å². The van der Waals surface area contributed by atoms with Crippen LogP contribution in [0.5, 0.6) is 0 Å². The minimum absolute atomic E-state index is 0.667. The van der Waals surface area contributed by atoms with Crippen LogP contribution in [-0.2, 0) is 4.79 Å². The van der Waals surface area contributed by atoms with E-state index in [4.69, 9.17) is 0 Å². The van der Waals surface area contributed by atoms with E-state index in [1.165, 1.54) is 5.57 Å². The van der Waals surface area contributed by atoms with Crippen molar-refractivity contribution in [2.75, 3.05) is 0 Å². The van der Waals surface area contributed by atoms with Gasteiger partial charge in [-0.1, -0.05) is 25.5 Å². The molecule has 0 spiro atoms. The first-order valence-electron chi connectivity index (χ1n) is 4.26. The van der Waals surface area contributed by atoms with Crippen LogP contribution in [0.3, 0.4) is 0 Å². The first kappa shape index (κ1) is 10.4. The topological polar surface area (TPSA) is 17.1 Å². The Morgan fingerprint density at radius 2 is 2.09 bits per heavy atom. The highest BCUT2D eigenvalue weighted by molar-refractivity contribution is 5.49. The third kappa shape index (κ3) is 7.31. The van der Waals surface area contributed by atoms with Gasteiger partial charge in [0, 0.05) is 6.42 Å². The number of hydrogen-bond donors (Lipinski definition) is 0. The van der Waals surface area contributed by atoms with Crippen molar-refractivity contribution in [3.63, 3.8) is 0 Å². The summed E-state index contributed by atoms with van der Waals surface area (Å²) in [5.74, 6) is 0.723. The average Bonchev–Trinajstić information content (AvgIpc) is 1.97. The Morgan fingerprint density at radius 1 is 1.45 bits per heavy atom. The normalized spacial score (nSPS) is 12.2. The second kappa shape index (κ2) is 6.14. The lowest BCUT2D eigenvalue weighted by Gasteiger charge is -2.00. The standard InChI is InChI=1S/C10H18O/c1-9(2)6-7-10(3)5-4-8-11/h7-9H,4-6H2,1-3H3/b10-7-. The number of carbonyl (C=O) groups excluding carboxylic acids is 1. The van der Waals surface area contributed by atoms with Crippen molar-refractivity contribution in [2.24, 2.45) is 5.92 Å². The van der Waals surface area contributed by atoms with Gasteiger partial charge in [0.15, 0.2) is 0 Å². The maximum Gasteiger partial charge on any atom is 0.120 e. The van der Waals surface area contributed by atoms with Crippen molar-refractivity contribution in [3.05, 3.63) is 11.6 Å². The molecule has 0 atom stereocenters. The van der Waals surface area contributed by atoms with E-state index in [2.05, 4.69) is 26.8 Å². The van der Waals surface area contributed by atoms with Crippen LogP contribution in [0.25, 0.3) is 0 Å². The van der Waals surface area contributed by atoms with E-state index < -0.39 is 0 Å². The summed E-state index contributed by atoms with van der Waals surface area (Å²) < 4.78 is 0. The summed E-state index contributed by atoms with van der Waals surface area (Å²) in [5, 5.41) is 0. The third-order valence-electron chi connectivity index (χ3n) is 1.59. The first-order valence-corrected chi connectivity index (χ1v) is 4.26. The fourth-order valence-corrected chi connectivity index (χ4v) is 0.826. The Hall–Kier alpha value is -0.590. The number of allylic oxidation sites excluding steroid dienone is 2. The average molecular weight is 154 g/mol. The lowest BCUT2D eigenvalue weighted by molar-refractivity contribution is -0.107. The van der Waals surface area contributed by atoms with Crippen LogP contribution in [0.15, 0.2) is 11.6 Å². The molecule has 0 saturated heterocycles. The van der Waals surface area contributed by atoms with Gasteiger partial charge >= 0.3 is 0 Å². The molecule has 0 aromatic heterocycles. The van der Waals surface area contributed by atoms with Gasteiger partial charge in [-0.3, -0.25) is 0 Å². The Labute approximate surface area is 69.5 Å². The molecule has 0 aliphatic carbocycles. The summed E-state index contributed by atoms with van der Waals surface area (Å²) in [7, 11) is 0. The molecule has 0 rings (SSSR count). The van der Waals surface area contributed by atoms with Crippen molar-refractivity contribution in [2.45, 2.75) is 40.0 Å². The minimum Gasteiger partial charge on any atom is -0.303 e. The maximum atomic E-state index is 10.0. The highest BCUT2D eigenvalue weighted by Crippen LogP contribution is 2.07. The number of hydrogen-bond acceptors (Lipinski definition) is 1. The monoisotopic (exact) mass is 154 g/mol. The van der Waals surface area contributed by atoms with E-state index in [9.17, 15) is 4.79 Å². The molecule has 0 bridgehead atoms. The molecule has 11 heavy (non-hydrogen) atoms. The van der Waals surface area contributed by atoms with E-state index in [1.54, 1.807) is 0 Å².